The summed E-state index contributed by atoms with van der Waals surface area (Å²) in [5, 5.41) is 19.0. The number of aromatic nitrogens is 7. The van der Waals surface area contributed by atoms with E-state index in [1.165, 1.54) is 11.2 Å². The van der Waals surface area contributed by atoms with Gasteiger partial charge in [0.2, 0.25) is 5.82 Å². The lowest BCUT2D eigenvalue weighted by Crippen LogP contribution is -2.53. The Kier molecular flexibility index (Phi) is 9.55. The number of nitrogens with zero attached hydrogens (tertiary/aromatic N) is 9. The predicted octanol–water partition coefficient (Wildman–Crippen LogP) is 5.63. The maximum absolute atomic E-state index is 13.6. The van der Waals surface area contributed by atoms with Crippen LogP contribution in [0.1, 0.15) is 91.5 Å². The van der Waals surface area contributed by atoms with E-state index in [0.717, 1.165) is 80.2 Å². The lowest BCUT2D eigenvalue weighted by atomic mass is 9.84. The maximum Gasteiger partial charge on any atom is 0.410 e. The topological polar surface area (TPSA) is 135 Å². The molecule has 0 bridgehead atoms. The van der Waals surface area contributed by atoms with Crippen LogP contribution in [-0.4, -0.2) is 90.5 Å². The quantitative estimate of drug-likeness (QED) is 0.218. The number of hydrogen-bond acceptors (Lipinski definition) is 10. The van der Waals surface area contributed by atoms with Gasteiger partial charge in [-0.1, -0.05) is 6.42 Å². The molecule has 2 saturated heterocycles. The van der Waals surface area contributed by atoms with Gasteiger partial charge in [-0.05, 0) is 95.9 Å². The third-order valence-electron chi connectivity index (χ3n) is 10.2. The minimum Gasteiger partial charge on any atom is -0.497 e. The summed E-state index contributed by atoms with van der Waals surface area (Å²) in [5.41, 5.74) is 1.71. The number of anilines is 1. The van der Waals surface area contributed by atoms with Crippen molar-refractivity contribution in [1.29, 1.82) is 0 Å². The first-order valence-electron chi connectivity index (χ1n) is 18.0. The van der Waals surface area contributed by atoms with E-state index in [1.807, 2.05) is 55.5 Å². The number of ether oxygens (including phenoxy) is 3. The van der Waals surface area contributed by atoms with Crippen LogP contribution in [0.15, 0.2) is 41.5 Å². The van der Waals surface area contributed by atoms with Crippen LogP contribution in [0.4, 0.5) is 10.5 Å². The van der Waals surface area contributed by atoms with Crippen molar-refractivity contribution < 1.29 is 19.0 Å². The van der Waals surface area contributed by atoms with Gasteiger partial charge in [0.25, 0.3) is 5.56 Å². The predicted molar refractivity (Wildman–Crippen MR) is 188 cm³/mol. The van der Waals surface area contributed by atoms with Crippen molar-refractivity contribution in [2.75, 3.05) is 38.3 Å². The van der Waals surface area contributed by atoms with Gasteiger partial charge in [-0.25, -0.2) is 9.48 Å². The molecule has 4 aromatic rings. The molecule has 0 spiro atoms. The number of hydrogen-bond donors (Lipinski definition) is 0. The second-order valence-corrected chi connectivity index (χ2v) is 14.9. The summed E-state index contributed by atoms with van der Waals surface area (Å²) < 4.78 is 21.0. The van der Waals surface area contributed by atoms with E-state index in [0.29, 0.717) is 30.6 Å². The van der Waals surface area contributed by atoms with Crippen molar-refractivity contribution in [1.82, 2.24) is 39.5 Å². The Morgan fingerprint density at radius 3 is 2.64 bits per heavy atom. The van der Waals surface area contributed by atoms with Crippen molar-refractivity contribution in [2.45, 2.75) is 103 Å². The van der Waals surface area contributed by atoms with Crippen LogP contribution >= 0.6 is 0 Å². The number of rotatable bonds is 9. The summed E-state index contributed by atoms with van der Waals surface area (Å²) >= 11 is 0. The van der Waals surface area contributed by atoms with Crippen molar-refractivity contribution in [3.8, 4) is 17.1 Å². The van der Waals surface area contributed by atoms with Gasteiger partial charge >= 0.3 is 6.09 Å². The van der Waals surface area contributed by atoms with Crippen LogP contribution in [0.3, 0.4) is 0 Å². The molecule has 14 heteroatoms. The Morgan fingerprint density at radius 2 is 1.94 bits per heavy atom. The summed E-state index contributed by atoms with van der Waals surface area (Å²) in [6.07, 6.45) is 11.1. The van der Waals surface area contributed by atoms with Gasteiger partial charge in [-0.15, -0.1) is 15.0 Å². The van der Waals surface area contributed by atoms with Crippen LogP contribution in [-0.2, 0) is 9.47 Å². The molecule has 3 fully saturated rings. The third kappa shape index (κ3) is 7.07. The normalized spacial score (nSPS) is 20.8. The molecule has 7 rings (SSSR count). The van der Waals surface area contributed by atoms with Crippen LogP contribution in [0.25, 0.3) is 22.3 Å². The molecule has 1 amide bonds. The lowest BCUT2D eigenvalue weighted by molar-refractivity contribution is -0.0366. The van der Waals surface area contributed by atoms with Crippen LogP contribution in [0, 0.1) is 5.92 Å². The summed E-state index contributed by atoms with van der Waals surface area (Å²) in [7, 11) is 1.63. The van der Waals surface area contributed by atoms with E-state index in [4.69, 9.17) is 19.3 Å². The van der Waals surface area contributed by atoms with E-state index in [-0.39, 0.29) is 23.9 Å². The van der Waals surface area contributed by atoms with Crippen molar-refractivity contribution in [2.24, 2.45) is 5.92 Å². The van der Waals surface area contributed by atoms with Gasteiger partial charge in [0.05, 0.1) is 24.9 Å². The van der Waals surface area contributed by atoms with E-state index >= 15 is 0 Å². The SMILES string of the molecule is COc1cc(-c2nnn(C(C)n3ccc(N4CCC[C@@H](N(CC5CCC5)C(=O)OC(C)(C)C)C4)cc3=O)n2)c2cnn(C3CCCCO3)c2c1. The van der Waals surface area contributed by atoms with E-state index in [9.17, 15) is 9.59 Å². The van der Waals surface area contributed by atoms with Gasteiger partial charge < -0.3 is 24.0 Å². The Hall–Kier alpha value is -4.46. The third-order valence-corrected chi connectivity index (χ3v) is 10.2. The highest BCUT2D eigenvalue weighted by Gasteiger charge is 2.35. The number of amides is 1. The van der Waals surface area contributed by atoms with Crippen molar-refractivity contribution in [3.05, 3.63) is 47.0 Å². The van der Waals surface area contributed by atoms with E-state index < -0.39 is 11.8 Å². The zero-order valence-corrected chi connectivity index (χ0v) is 29.8. The largest absolute Gasteiger partial charge is 0.497 e. The summed E-state index contributed by atoms with van der Waals surface area (Å²) in [5.74, 6) is 1.59. The van der Waals surface area contributed by atoms with Gasteiger partial charge in [0.1, 0.15) is 17.5 Å². The van der Waals surface area contributed by atoms with Gasteiger partial charge in [0, 0.05) is 61.2 Å². The maximum atomic E-state index is 13.6. The van der Waals surface area contributed by atoms with Gasteiger partial charge in [-0.3, -0.25) is 9.36 Å². The zero-order chi connectivity index (χ0) is 35.0. The first kappa shape index (κ1) is 34.0. The standard InChI is InChI=1S/C36H49N9O5/c1-24(45-39-34(38-40-45)29-19-28(48-5)20-31-30(29)21-37-44(31)33-13-6-7-17-49-33)42-16-14-26(18-32(42)46)41-15-9-12-27(23-41)43(22-25-10-8-11-25)35(47)50-36(2,3)4/h14,16,18-21,24-25,27,33H,6-13,15,17,22-23H2,1-5H3/t24?,27-,33?/m1/s1. The molecule has 1 saturated carbocycles. The second-order valence-electron chi connectivity index (χ2n) is 14.9. The van der Waals surface area contributed by atoms with E-state index in [2.05, 4.69) is 20.3 Å². The second kappa shape index (κ2) is 14.0. The summed E-state index contributed by atoms with van der Waals surface area (Å²) in [6, 6.07) is 7.46. The highest BCUT2D eigenvalue weighted by Crippen LogP contribution is 2.35. The van der Waals surface area contributed by atoms with Gasteiger partial charge in [0.15, 0.2) is 6.23 Å². The number of methoxy groups -OCH3 is 1. The Labute approximate surface area is 292 Å². The van der Waals surface area contributed by atoms with Gasteiger partial charge in [-0.2, -0.15) is 5.10 Å². The molecule has 5 heterocycles. The molecular formula is C36H49N9O5. The molecule has 2 aliphatic heterocycles. The molecule has 0 radical (unpaired) electrons. The number of pyridine rings is 1. The minimum absolute atomic E-state index is 0.0173. The minimum atomic E-state index is -0.558. The number of benzene rings is 1. The highest BCUT2D eigenvalue weighted by atomic mass is 16.6. The van der Waals surface area contributed by atoms with Crippen molar-refractivity contribution in [3.63, 3.8) is 0 Å². The molecule has 1 aliphatic carbocycles. The van der Waals surface area contributed by atoms with Crippen LogP contribution in [0.2, 0.25) is 0 Å². The molecular weight excluding hydrogens is 638 g/mol. The molecule has 0 N–H and O–H groups in total. The first-order chi connectivity index (χ1) is 24.1. The average molecular weight is 688 g/mol. The summed E-state index contributed by atoms with van der Waals surface area (Å²) in [6.45, 7) is 10.5. The fraction of sp³-hybridized carbons (Fsp3) is 0.611. The van der Waals surface area contributed by atoms with Crippen molar-refractivity contribution >= 4 is 22.7 Å². The smallest absolute Gasteiger partial charge is 0.410 e. The Bertz CT molecular complexity index is 1870. The number of carbonyl (C=O) groups excluding carboxylic acids is 1. The van der Waals surface area contributed by atoms with Crippen LogP contribution in [0.5, 0.6) is 5.75 Å². The number of fused-ring (bicyclic) bond motifs is 1. The fourth-order valence-corrected chi connectivity index (χ4v) is 7.25. The zero-order valence-electron chi connectivity index (χ0n) is 29.8. The molecule has 3 atom stereocenters. The lowest BCUT2D eigenvalue weighted by Gasteiger charge is -2.43. The highest BCUT2D eigenvalue weighted by molar-refractivity contribution is 5.94. The number of piperidine rings is 1. The number of carbonyl (C=O) groups is 1. The summed E-state index contributed by atoms with van der Waals surface area (Å²) in [4.78, 5) is 32.5. The van der Waals surface area contributed by atoms with Crippen LogP contribution < -0.4 is 15.2 Å². The Morgan fingerprint density at radius 1 is 1.10 bits per heavy atom. The molecule has 3 aromatic heterocycles. The molecule has 50 heavy (non-hydrogen) atoms. The fourth-order valence-electron chi connectivity index (χ4n) is 7.25. The van der Waals surface area contributed by atoms with E-state index in [1.54, 1.807) is 30.1 Å². The number of tetrazole rings is 1. The molecule has 268 valence electrons. The first-order valence-corrected chi connectivity index (χ1v) is 18.0. The molecule has 3 aliphatic rings. The molecule has 14 nitrogen and oxygen atoms in total. The Balaban J connectivity index is 1.09. The monoisotopic (exact) mass is 687 g/mol. The molecule has 1 aromatic carbocycles. The molecule has 2 unspecified atom stereocenters. The average Bonchev–Trinajstić information content (AvgIpc) is 3.75.